The quantitative estimate of drug-likeness (QED) is 0.658. The molecule has 0 bridgehead atoms. The van der Waals surface area contributed by atoms with E-state index in [9.17, 15) is 14.7 Å². The van der Waals surface area contributed by atoms with Crippen LogP contribution in [0.5, 0.6) is 11.5 Å². The summed E-state index contributed by atoms with van der Waals surface area (Å²) in [6.07, 6.45) is 2.29. The van der Waals surface area contributed by atoms with Gasteiger partial charge >= 0.3 is 0 Å². The molecule has 0 spiro atoms. The van der Waals surface area contributed by atoms with Crippen LogP contribution in [0, 0.1) is 6.92 Å². The molecule has 0 amide bonds. The third kappa shape index (κ3) is 5.61. The first-order chi connectivity index (χ1) is 10.1. The fraction of sp³-hybridized carbons (Fsp3) is 0.200. The second kappa shape index (κ2) is 9.20. The lowest BCUT2D eigenvalue weighted by atomic mass is 10.2. The van der Waals surface area contributed by atoms with Crippen LogP contribution in [-0.4, -0.2) is 17.7 Å². The van der Waals surface area contributed by atoms with Crippen molar-refractivity contribution in [3.8, 4) is 11.5 Å². The van der Waals surface area contributed by atoms with Gasteiger partial charge in [0.25, 0.3) is 0 Å². The number of aryl methyl sites for hydroxylation is 1. The highest BCUT2D eigenvalue weighted by Gasteiger charge is 2.07. The monoisotopic (exact) mass is 324 g/mol. The second-order valence-corrected chi connectivity index (χ2v) is 5.68. The average molecular weight is 324 g/mol. The zero-order chi connectivity index (χ0) is 15.7. The van der Waals surface area contributed by atoms with Crippen molar-refractivity contribution in [1.29, 1.82) is 0 Å². The molecule has 112 valence electrons. The van der Waals surface area contributed by atoms with Gasteiger partial charge in [-0.05, 0) is 36.1 Å². The average Bonchev–Trinajstić information content (AvgIpc) is 2.96. The van der Waals surface area contributed by atoms with Crippen LogP contribution in [-0.2, 0) is 4.79 Å². The van der Waals surface area contributed by atoms with Crippen molar-refractivity contribution in [3.63, 3.8) is 0 Å². The largest absolute Gasteiger partial charge is 0.508 e. The smallest absolute Gasteiger partial charge is 0.163 e. The Kier molecular flexibility index (Phi) is 7.56. The summed E-state index contributed by atoms with van der Waals surface area (Å²) in [5.41, 5.74) is 1.01. The van der Waals surface area contributed by atoms with E-state index in [4.69, 9.17) is 4.18 Å². The first kappa shape index (κ1) is 17.3. The van der Waals surface area contributed by atoms with Crippen LogP contribution in [0.25, 0.3) is 0 Å². The summed E-state index contributed by atoms with van der Waals surface area (Å²) in [5, 5.41) is 11.2. The van der Waals surface area contributed by atoms with Crippen LogP contribution in [0.4, 0.5) is 0 Å². The first-order valence-corrected chi connectivity index (χ1v) is 7.85. The minimum atomic E-state index is 0.197. The van der Waals surface area contributed by atoms with E-state index in [1.54, 1.807) is 23.6 Å². The van der Waals surface area contributed by atoms with Crippen molar-refractivity contribution in [3.05, 3.63) is 40.1 Å². The Morgan fingerprint density at radius 1 is 1.33 bits per heavy atom. The van der Waals surface area contributed by atoms with Crippen LogP contribution in [0.3, 0.4) is 0 Å². The summed E-state index contributed by atoms with van der Waals surface area (Å²) in [7, 11) is 0. The number of hydrogen-bond acceptors (Lipinski definition) is 6. The van der Waals surface area contributed by atoms with Crippen molar-refractivity contribution >= 4 is 36.0 Å². The molecule has 0 aliphatic heterocycles. The van der Waals surface area contributed by atoms with Gasteiger partial charge in [-0.25, -0.2) is 0 Å². The fourth-order valence-electron chi connectivity index (χ4n) is 1.23. The normalized spacial score (nSPS) is 9.43. The van der Waals surface area contributed by atoms with Gasteiger partial charge in [-0.3, -0.25) is 4.79 Å². The van der Waals surface area contributed by atoms with Gasteiger partial charge < -0.3 is 14.1 Å². The highest BCUT2D eigenvalue weighted by Crippen LogP contribution is 2.32. The molecule has 1 N–H and O–H groups in total. The molecule has 0 fully saturated rings. The lowest BCUT2D eigenvalue weighted by Crippen LogP contribution is -1.86. The third-order valence-electron chi connectivity index (χ3n) is 2.32. The molecule has 0 aliphatic rings. The van der Waals surface area contributed by atoms with E-state index >= 15 is 0 Å². The standard InChI is InChI=1S/C12H10O3S2.C3H6O/c1-8-2-3-9(14)6-11(8)17-15-10-4-5-16-12(10)7-13;1-2-3-4/h2-7,14H,1H3;3H,2H2,1H3. The summed E-state index contributed by atoms with van der Waals surface area (Å²) in [6.45, 7) is 3.74. The molecule has 0 atom stereocenters. The third-order valence-corrected chi connectivity index (χ3v) is 4.03. The van der Waals surface area contributed by atoms with E-state index in [2.05, 4.69) is 0 Å². The van der Waals surface area contributed by atoms with Gasteiger partial charge in [0.05, 0.1) is 16.9 Å². The molecule has 1 aromatic heterocycles. The van der Waals surface area contributed by atoms with Gasteiger partial charge in [0, 0.05) is 6.42 Å². The number of benzene rings is 1. The molecular formula is C15H16O4S2. The van der Waals surface area contributed by atoms with Crippen LogP contribution in [0.15, 0.2) is 34.5 Å². The zero-order valence-electron chi connectivity index (χ0n) is 11.7. The number of carbonyl (C=O) groups excluding carboxylic acids is 2. The maximum absolute atomic E-state index is 10.7. The molecule has 2 aromatic rings. The molecular weight excluding hydrogens is 308 g/mol. The summed E-state index contributed by atoms with van der Waals surface area (Å²) < 4.78 is 5.47. The molecule has 0 unspecified atom stereocenters. The molecule has 0 aliphatic carbocycles. The minimum absolute atomic E-state index is 0.197. The highest BCUT2D eigenvalue weighted by molar-refractivity contribution is 7.95. The van der Waals surface area contributed by atoms with Crippen molar-refractivity contribution < 1.29 is 18.9 Å². The summed E-state index contributed by atoms with van der Waals surface area (Å²) >= 11 is 2.47. The number of thiophene rings is 1. The number of phenolic OH excluding ortho intramolecular Hbond substituents is 1. The van der Waals surface area contributed by atoms with Crippen molar-refractivity contribution in [2.45, 2.75) is 25.2 Å². The number of aromatic hydroxyl groups is 1. The Balaban J connectivity index is 0.000000491. The Labute approximate surface area is 132 Å². The fourth-order valence-corrected chi connectivity index (χ4v) is 2.60. The molecule has 1 aromatic carbocycles. The van der Waals surface area contributed by atoms with Crippen LogP contribution in [0.1, 0.15) is 28.6 Å². The maximum Gasteiger partial charge on any atom is 0.163 e. The SMILES string of the molecule is CCC=O.Cc1ccc(O)cc1SOc1ccsc1C=O. The van der Waals surface area contributed by atoms with E-state index in [0.717, 1.165) is 35.1 Å². The van der Waals surface area contributed by atoms with Crippen LogP contribution < -0.4 is 4.18 Å². The van der Waals surface area contributed by atoms with E-state index in [1.165, 1.54) is 11.3 Å². The molecule has 0 saturated carbocycles. The summed E-state index contributed by atoms with van der Waals surface area (Å²) in [6, 6.07) is 6.82. The Bertz CT molecular complexity index is 593. The van der Waals surface area contributed by atoms with Crippen molar-refractivity contribution in [2.75, 3.05) is 0 Å². The predicted molar refractivity (Wildman–Crippen MR) is 85.4 cm³/mol. The molecule has 0 saturated heterocycles. The zero-order valence-corrected chi connectivity index (χ0v) is 13.4. The van der Waals surface area contributed by atoms with Gasteiger partial charge in [0.2, 0.25) is 0 Å². The van der Waals surface area contributed by atoms with Gasteiger partial charge in [0.1, 0.15) is 16.9 Å². The van der Waals surface area contributed by atoms with Gasteiger partial charge in [-0.15, -0.1) is 11.3 Å². The number of rotatable bonds is 5. The van der Waals surface area contributed by atoms with Crippen molar-refractivity contribution in [2.24, 2.45) is 0 Å². The Morgan fingerprint density at radius 3 is 2.67 bits per heavy atom. The number of phenols is 1. The second-order valence-electron chi connectivity index (χ2n) is 3.96. The summed E-state index contributed by atoms with van der Waals surface area (Å²) in [4.78, 5) is 21.3. The predicted octanol–water partition coefficient (Wildman–Crippen LogP) is 4.26. The van der Waals surface area contributed by atoms with Gasteiger partial charge in [-0.1, -0.05) is 13.0 Å². The Hall–Kier alpha value is -1.79. The highest BCUT2D eigenvalue weighted by atomic mass is 32.2. The van der Waals surface area contributed by atoms with Gasteiger partial charge in [0.15, 0.2) is 12.0 Å². The molecule has 6 heteroatoms. The molecule has 0 radical (unpaired) electrons. The maximum atomic E-state index is 10.7. The van der Waals surface area contributed by atoms with E-state index in [0.29, 0.717) is 17.0 Å². The lowest BCUT2D eigenvalue weighted by Gasteiger charge is -2.06. The molecule has 2 rings (SSSR count). The van der Waals surface area contributed by atoms with E-state index in [1.807, 2.05) is 19.9 Å². The molecule has 21 heavy (non-hydrogen) atoms. The molecule has 4 nitrogen and oxygen atoms in total. The number of aldehydes is 2. The lowest BCUT2D eigenvalue weighted by molar-refractivity contribution is -0.107. The Morgan fingerprint density at radius 2 is 2.05 bits per heavy atom. The first-order valence-electron chi connectivity index (χ1n) is 6.22. The van der Waals surface area contributed by atoms with Gasteiger partial charge in [-0.2, -0.15) is 0 Å². The van der Waals surface area contributed by atoms with E-state index in [-0.39, 0.29) is 5.75 Å². The molecule has 1 heterocycles. The summed E-state index contributed by atoms with van der Waals surface area (Å²) in [5.74, 6) is 0.750. The topological polar surface area (TPSA) is 63.6 Å². The minimum Gasteiger partial charge on any atom is -0.508 e. The van der Waals surface area contributed by atoms with Crippen LogP contribution >= 0.6 is 23.4 Å². The van der Waals surface area contributed by atoms with E-state index < -0.39 is 0 Å². The van der Waals surface area contributed by atoms with Crippen molar-refractivity contribution in [1.82, 2.24) is 0 Å². The number of hydrogen-bond donors (Lipinski definition) is 1. The van der Waals surface area contributed by atoms with Crippen LogP contribution in [0.2, 0.25) is 0 Å². The number of carbonyl (C=O) groups is 2.